The maximum atomic E-state index is 5.77. The zero-order valence-corrected chi connectivity index (χ0v) is 12.0. The average Bonchev–Trinajstić information content (AvgIpc) is 3.10. The Morgan fingerprint density at radius 2 is 2.10 bits per heavy atom. The first-order valence-electron chi connectivity index (χ1n) is 6.49. The van der Waals surface area contributed by atoms with Gasteiger partial charge in [-0.2, -0.15) is 4.98 Å². The Labute approximate surface area is 124 Å². The van der Waals surface area contributed by atoms with E-state index in [0.29, 0.717) is 16.8 Å². The van der Waals surface area contributed by atoms with Gasteiger partial charge < -0.3 is 4.42 Å². The highest BCUT2D eigenvalue weighted by molar-refractivity contribution is 7.99. The van der Waals surface area contributed by atoms with Crippen LogP contribution in [0.2, 0.25) is 0 Å². The fourth-order valence-corrected chi connectivity index (χ4v) is 2.82. The van der Waals surface area contributed by atoms with Crippen LogP contribution in [0.15, 0.2) is 52.3 Å². The van der Waals surface area contributed by atoms with E-state index < -0.39 is 0 Å². The first-order chi connectivity index (χ1) is 10.3. The third kappa shape index (κ3) is 2.25. The van der Waals surface area contributed by atoms with E-state index in [-0.39, 0.29) is 5.25 Å². The van der Waals surface area contributed by atoms with Gasteiger partial charge in [-0.1, -0.05) is 23.9 Å². The van der Waals surface area contributed by atoms with Gasteiger partial charge in [0.15, 0.2) is 5.58 Å². The molecule has 1 unspecified atom stereocenters. The van der Waals surface area contributed by atoms with E-state index in [0.717, 1.165) is 11.1 Å². The van der Waals surface area contributed by atoms with Gasteiger partial charge in [0.1, 0.15) is 5.52 Å². The summed E-state index contributed by atoms with van der Waals surface area (Å²) in [5.74, 6) is 1.26. The van der Waals surface area contributed by atoms with Crippen molar-refractivity contribution in [3.63, 3.8) is 0 Å². The first kappa shape index (κ1) is 12.3. The fraction of sp³-hybridized carbons (Fsp3) is 0.143. The molecule has 0 saturated heterocycles. The highest BCUT2D eigenvalue weighted by Gasteiger charge is 2.17. The van der Waals surface area contributed by atoms with Crippen LogP contribution in [0, 0.1) is 0 Å². The molecule has 0 aliphatic heterocycles. The van der Waals surface area contributed by atoms with Gasteiger partial charge in [-0.3, -0.25) is 0 Å². The third-order valence-electron chi connectivity index (χ3n) is 3.04. The molecule has 3 aromatic heterocycles. The Bertz CT molecular complexity index is 850. The lowest BCUT2D eigenvalue weighted by Gasteiger charge is -2.02. The van der Waals surface area contributed by atoms with Crippen molar-refractivity contribution < 1.29 is 4.42 Å². The first-order valence-corrected chi connectivity index (χ1v) is 7.37. The van der Waals surface area contributed by atoms with E-state index in [4.69, 9.17) is 4.42 Å². The number of aromatic nitrogens is 5. The van der Waals surface area contributed by atoms with Gasteiger partial charge in [-0.15, -0.1) is 5.10 Å². The molecule has 0 bridgehead atoms. The molecule has 1 aromatic carbocycles. The lowest BCUT2D eigenvalue weighted by atomic mass is 10.3. The zero-order chi connectivity index (χ0) is 14.2. The number of para-hydroxylation sites is 2. The summed E-state index contributed by atoms with van der Waals surface area (Å²) >= 11 is 1.50. The largest absolute Gasteiger partial charge is 0.439 e. The summed E-state index contributed by atoms with van der Waals surface area (Å²) in [6.07, 6.45) is 3.52. The van der Waals surface area contributed by atoms with Crippen LogP contribution in [0.5, 0.6) is 0 Å². The summed E-state index contributed by atoms with van der Waals surface area (Å²) in [5, 5.41) is 5.05. The lowest BCUT2D eigenvalue weighted by Crippen LogP contribution is -1.90. The molecule has 0 saturated carbocycles. The molecule has 6 nitrogen and oxygen atoms in total. The second-order valence-electron chi connectivity index (χ2n) is 4.54. The fourth-order valence-electron chi connectivity index (χ4n) is 2.04. The molecular weight excluding hydrogens is 286 g/mol. The summed E-state index contributed by atoms with van der Waals surface area (Å²) in [5.41, 5.74) is 1.66. The molecule has 7 heteroatoms. The molecule has 0 spiro atoms. The molecule has 3 heterocycles. The van der Waals surface area contributed by atoms with Gasteiger partial charge >= 0.3 is 0 Å². The predicted molar refractivity (Wildman–Crippen MR) is 79.1 cm³/mol. The number of thioether (sulfide) groups is 1. The summed E-state index contributed by atoms with van der Waals surface area (Å²) < 4.78 is 7.42. The number of hydrogen-bond donors (Lipinski definition) is 0. The van der Waals surface area contributed by atoms with Gasteiger partial charge in [0.05, 0.1) is 5.25 Å². The van der Waals surface area contributed by atoms with Crippen molar-refractivity contribution in [3.05, 3.63) is 48.6 Å². The summed E-state index contributed by atoms with van der Waals surface area (Å²) in [6.45, 7) is 2.02. The van der Waals surface area contributed by atoms with Crippen LogP contribution < -0.4 is 0 Å². The van der Waals surface area contributed by atoms with Crippen molar-refractivity contribution in [1.29, 1.82) is 0 Å². The van der Waals surface area contributed by atoms with Crippen molar-refractivity contribution in [1.82, 2.24) is 24.6 Å². The Kier molecular flexibility index (Phi) is 2.85. The predicted octanol–water partition coefficient (Wildman–Crippen LogP) is 3.12. The van der Waals surface area contributed by atoms with Crippen molar-refractivity contribution in [2.75, 3.05) is 0 Å². The molecule has 0 amide bonds. The lowest BCUT2D eigenvalue weighted by molar-refractivity contribution is 0.533. The zero-order valence-electron chi connectivity index (χ0n) is 11.2. The minimum absolute atomic E-state index is 0.0230. The second-order valence-corrected chi connectivity index (χ2v) is 5.85. The van der Waals surface area contributed by atoms with Crippen molar-refractivity contribution in [2.45, 2.75) is 17.3 Å². The molecule has 0 N–H and O–H groups in total. The minimum Gasteiger partial charge on any atom is -0.439 e. The van der Waals surface area contributed by atoms with Gasteiger partial charge in [0.25, 0.3) is 5.78 Å². The summed E-state index contributed by atoms with van der Waals surface area (Å²) in [7, 11) is 0. The number of hydrogen-bond acceptors (Lipinski definition) is 6. The molecule has 4 rings (SSSR count). The Balaban J connectivity index is 1.63. The SMILES string of the molecule is CC(Sc1nc2ncccn2n1)c1nc2ccccc2o1. The monoisotopic (exact) mass is 297 g/mol. The minimum atomic E-state index is 0.0230. The number of rotatable bonds is 3. The Morgan fingerprint density at radius 3 is 2.95 bits per heavy atom. The summed E-state index contributed by atoms with van der Waals surface area (Å²) in [4.78, 5) is 13.0. The van der Waals surface area contributed by atoms with E-state index in [1.54, 1.807) is 10.7 Å². The van der Waals surface area contributed by atoms with Crippen LogP contribution in [0.25, 0.3) is 16.9 Å². The Hall–Kier alpha value is -2.41. The molecule has 1 atom stereocenters. The van der Waals surface area contributed by atoms with Crippen molar-refractivity contribution in [3.8, 4) is 0 Å². The third-order valence-corrected chi connectivity index (χ3v) is 3.98. The van der Waals surface area contributed by atoms with E-state index in [1.807, 2.05) is 43.5 Å². The quantitative estimate of drug-likeness (QED) is 0.541. The normalized spacial score (nSPS) is 13.0. The van der Waals surface area contributed by atoms with Crippen LogP contribution >= 0.6 is 11.8 Å². The highest BCUT2D eigenvalue weighted by atomic mass is 32.2. The topological polar surface area (TPSA) is 69.1 Å². The van der Waals surface area contributed by atoms with E-state index in [1.165, 1.54) is 11.8 Å². The van der Waals surface area contributed by atoms with Crippen LogP contribution in [0.3, 0.4) is 0 Å². The molecule has 0 aliphatic rings. The van der Waals surface area contributed by atoms with E-state index in [9.17, 15) is 0 Å². The van der Waals surface area contributed by atoms with Crippen LogP contribution in [-0.4, -0.2) is 24.6 Å². The van der Waals surface area contributed by atoms with Crippen molar-refractivity contribution in [2.24, 2.45) is 0 Å². The maximum absolute atomic E-state index is 5.77. The van der Waals surface area contributed by atoms with Gasteiger partial charge in [-0.25, -0.2) is 14.5 Å². The van der Waals surface area contributed by atoms with Crippen LogP contribution in [0.4, 0.5) is 0 Å². The number of oxazole rings is 1. The molecule has 0 radical (unpaired) electrons. The molecule has 104 valence electrons. The van der Waals surface area contributed by atoms with Gasteiger partial charge in [-0.05, 0) is 25.1 Å². The highest BCUT2D eigenvalue weighted by Crippen LogP contribution is 2.33. The average molecular weight is 297 g/mol. The molecular formula is C14H11N5OS. The maximum Gasteiger partial charge on any atom is 0.253 e. The molecule has 4 aromatic rings. The molecule has 0 fully saturated rings. The van der Waals surface area contributed by atoms with Gasteiger partial charge in [0, 0.05) is 12.4 Å². The van der Waals surface area contributed by atoms with E-state index in [2.05, 4.69) is 20.1 Å². The van der Waals surface area contributed by atoms with Crippen LogP contribution in [-0.2, 0) is 0 Å². The Morgan fingerprint density at radius 1 is 1.19 bits per heavy atom. The van der Waals surface area contributed by atoms with Crippen molar-refractivity contribution >= 4 is 28.6 Å². The standard InChI is InChI=1S/C14H11N5OS/c1-9(12-16-10-5-2-3-6-11(10)20-12)21-14-17-13-15-7-4-8-19(13)18-14/h2-9H,1H3. The van der Waals surface area contributed by atoms with E-state index >= 15 is 0 Å². The number of fused-ring (bicyclic) bond motifs is 2. The molecule has 21 heavy (non-hydrogen) atoms. The molecule has 0 aliphatic carbocycles. The smallest absolute Gasteiger partial charge is 0.253 e. The number of benzene rings is 1. The second kappa shape index (κ2) is 4.85. The van der Waals surface area contributed by atoms with Crippen LogP contribution in [0.1, 0.15) is 18.1 Å². The number of nitrogens with zero attached hydrogens (tertiary/aromatic N) is 5. The summed E-state index contributed by atoms with van der Waals surface area (Å²) in [6, 6.07) is 9.55. The van der Waals surface area contributed by atoms with Gasteiger partial charge in [0.2, 0.25) is 11.0 Å².